The van der Waals surface area contributed by atoms with Gasteiger partial charge in [0.2, 0.25) is 0 Å². The first kappa shape index (κ1) is 25.6. The number of fused-ring (bicyclic) bond motifs is 4. The van der Waals surface area contributed by atoms with Crippen molar-refractivity contribution in [2.24, 2.45) is 23.2 Å². The molecule has 1 aromatic rings. The Hall–Kier alpha value is -2.06. The molecular weight excluding hydrogens is 451 g/mol. The number of hydrogen-bond acceptors (Lipinski definition) is 2. The topological polar surface area (TPSA) is 37.3 Å². The molecule has 186 valence electrons. The highest BCUT2D eigenvalue weighted by molar-refractivity contribution is 6.61. The van der Waals surface area contributed by atoms with Crippen LogP contribution in [0.2, 0.25) is 5.11 Å². The Morgan fingerprint density at radius 2 is 1.81 bits per heavy atom. The van der Waals surface area contributed by atoms with Crippen LogP contribution < -0.4 is 0 Å². The number of hydrogen-bond donors (Lipinski definition) is 1. The van der Waals surface area contributed by atoms with Crippen LogP contribution in [0.15, 0.2) is 34.9 Å². The van der Waals surface area contributed by atoms with E-state index in [9.17, 15) is 18.7 Å². The lowest BCUT2D eigenvalue weighted by Gasteiger charge is -2.54. The predicted molar refractivity (Wildman–Crippen MR) is 147 cm³/mol. The van der Waals surface area contributed by atoms with Crippen LogP contribution in [0.3, 0.4) is 0 Å². The lowest BCUT2D eigenvalue weighted by molar-refractivity contribution is -0.114. The molecule has 2 fully saturated rings. The average molecular weight is 486 g/mol. The number of aliphatic hydroxyl groups is 1. The standard InChI is InChI=1S/C29H35B3F2O2/c1-15-10-23-21-6-4-17-11-19(35)5-7-20(17)26(21)22(18-12-24(33)16(2)25(34)13-18)14-27(23,3)28(15,36)8-9-29(30,31)32/h11-13,15,21-23,36H,4-7,10,14,30-32H2,1-3H3/t15-,21+,22-,23+,27+,28+/m1/s1. The fraction of sp³-hybridized carbons (Fsp3) is 0.552. The van der Waals surface area contributed by atoms with Crippen LogP contribution in [0.1, 0.15) is 69.4 Å². The second-order valence-electron chi connectivity index (χ2n) is 13.0. The lowest BCUT2D eigenvalue weighted by atomic mass is 9.43. The third-order valence-corrected chi connectivity index (χ3v) is 9.65. The molecule has 0 aliphatic heterocycles. The van der Waals surface area contributed by atoms with E-state index in [-0.39, 0.29) is 40.1 Å². The second-order valence-corrected chi connectivity index (χ2v) is 13.0. The van der Waals surface area contributed by atoms with Crippen molar-refractivity contribution in [2.75, 3.05) is 0 Å². The molecule has 0 heterocycles. The zero-order valence-corrected chi connectivity index (χ0v) is 22.4. The molecule has 6 atom stereocenters. The van der Waals surface area contributed by atoms with E-state index in [0.29, 0.717) is 24.8 Å². The first-order chi connectivity index (χ1) is 16.7. The third kappa shape index (κ3) is 3.87. The van der Waals surface area contributed by atoms with E-state index in [1.807, 2.05) is 23.5 Å². The maximum Gasteiger partial charge on any atom is 0.156 e. The maximum atomic E-state index is 14.8. The fourth-order valence-electron chi connectivity index (χ4n) is 7.71. The molecule has 0 aromatic heterocycles. The van der Waals surface area contributed by atoms with Crippen molar-refractivity contribution in [1.29, 1.82) is 0 Å². The summed E-state index contributed by atoms with van der Waals surface area (Å²) in [5.41, 5.74) is 2.54. The fourth-order valence-corrected chi connectivity index (χ4v) is 7.71. The molecule has 0 unspecified atom stereocenters. The number of rotatable bonds is 1. The van der Waals surface area contributed by atoms with Gasteiger partial charge in [0.1, 0.15) is 40.8 Å². The van der Waals surface area contributed by atoms with Crippen molar-refractivity contribution in [3.63, 3.8) is 0 Å². The van der Waals surface area contributed by atoms with Crippen LogP contribution in [0, 0.1) is 53.6 Å². The number of carbonyl (C=O) groups excluding carboxylic acids is 1. The molecule has 4 aliphatic carbocycles. The molecule has 0 bridgehead atoms. The molecule has 2 saturated carbocycles. The quantitative estimate of drug-likeness (QED) is 0.490. The third-order valence-electron chi connectivity index (χ3n) is 9.65. The molecule has 5 rings (SSSR count). The van der Waals surface area contributed by atoms with E-state index in [0.717, 1.165) is 24.8 Å². The van der Waals surface area contributed by atoms with Gasteiger partial charge < -0.3 is 5.11 Å². The summed E-state index contributed by atoms with van der Waals surface area (Å²) in [4.78, 5) is 12.2. The van der Waals surface area contributed by atoms with Crippen LogP contribution in [0.4, 0.5) is 8.78 Å². The Kier molecular flexibility index (Phi) is 6.03. The highest BCUT2D eigenvalue weighted by atomic mass is 19.1. The minimum atomic E-state index is -1.18. The number of halogens is 2. The van der Waals surface area contributed by atoms with Crippen molar-refractivity contribution in [3.05, 3.63) is 57.7 Å². The molecule has 1 aromatic carbocycles. The van der Waals surface area contributed by atoms with E-state index < -0.39 is 22.7 Å². The minimum Gasteiger partial charge on any atom is -0.377 e. The van der Waals surface area contributed by atoms with E-state index in [1.54, 1.807) is 6.08 Å². The summed E-state index contributed by atoms with van der Waals surface area (Å²) in [6.07, 6.45) is 6.15. The minimum absolute atomic E-state index is 0.0105. The predicted octanol–water partition coefficient (Wildman–Crippen LogP) is 3.13. The van der Waals surface area contributed by atoms with Crippen LogP contribution in [-0.4, -0.2) is 40.0 Å². The Balaban J connectivity index is 1.72. The molecule has 2 nitrogen and oxygen atoms in total. The van der Waals surface area contributed by atoms with Gasteiger partial charge in [-0.3, -0.25) is 4.79 Å². The lowest BCUT2D eigenvalue weighted by Crippen LogP contribution is -2.52. The van der Waals surface area contributed by atoms with E-state index in [2.05, 4.69) is 25.7 Å². The number of carbonyl (C=O) groups is 1. The zero-order chi connectivity index (χ0) is 26.2. The summed E-state index contributed by atoms with van der Waals surface area (Å²) < 4.78 is 29.7. The van der Waals surface area contributed by atoms with Gasteiger partial charge in [-0.25, -0.2) is 8.78 Å². The SMILES string of the molecule is BC(B)(B)C#C[C@]1(O)[C@H](C)C[C@H]2[C@@H]3CCC4=CC(=O)CCC4=C3[C@@H](c3cc(F)c(C)c(F)c3)C[C@@]21C. The van der Waals surface area contributed by atoms with Crippen LogP contribution >= 0.6 is 0 Å². The van der Waals surface area contributed by atoms with Crippen molar-refractivity contribution < 1.29 is 18.7 Å². The molecule has 4 aliphatic rings. The van der Waals surface area contributed by atoms with Gasteiger partial charge in [0.15, 0.2) is 5.78 Å². The van der Waals surface area contributed by atoms with Gasteiger partial charge in [0.25, 0.3) is 0 Å². The van der Waals surface area contributed by atoms with Crippen molar-refractivity contribution in [3.8, 4) is 11.8 Å². The van der Waals surface area contributed by atoms with Crippen molar-refractivity contribution in [2.45, 2.75) is 75.9 Å². The highest BCUT2D eigenvalue weighted by Gasteiger charge is 2.65. The van der Waals surface area contributed by atoms with Crippen LogP contribution in [-0.2, 0) is 4.79 Å². The molecule has 0 radical (unpaired) electrons. The monoisotopic (exact) mass is 486 g/mol. The maximum absolute atomic E-state index is 14.8. The average Bonchev–Trinajstić information content (AvgIpc) is 3.00. The first-order valence-corrected chi connectivity index (χ1v) is 13.4. The normalized spacial score (nSPS) is 35.8. The Morgan fingerprint density at radius 1 is 1.14 bits per heavy atom. The van der Waals surface area contributed by atoms with Gasteiger partial charge in [0.05, 0.1) is 0 Å². The molecule has 1 N–H and O–H groups in total. The largest absolute Gasteiger partial charge is 0.377 e. The molecular formula is C29H35B3F2O2. The molecule has 0 spiro atoms. The van der Waals surface area contributed by atoms with Crippen LogP contribution in [0.25, 0.3) is 0 Å². The highest BCUT2D eigenvalue weighted by Crippen LogP contribution is 2.68. The Labute approximate surface area is 216 Å². The summed E-state index contributed by atoms with van der Waals surface area (Å²) in [6.45, 7) is 5.72. The number of ketones is 1. The summed E-state index contributed by atoms with van der Waals surface area (Å²) in [5.74, 6) is 5.95. The molecule has 36 heavy (non-hydrogen) atoms. The summed E-state index contributed by atoms with van der Waals surface area (Å²) in [7, 11) is 6.14. The van der Waals surface area contributed by atoms with Crippen LogP contribution in [0.5, 0.6) is 0 Å². The van der Waals surface area contributed by atoms with E-state index >= 15 is 0 Å². The van der Waals surface area contributed by atoms with Gasteiger partial charge in [-0.15, -0.1) is 5.92 Å². The molecule has 0 saturated heterocycles. The Morgan fingerprint density at radius 3 is 2.44 bits per heavy atom. The number of benzene rings is 1. The first-order valence-electron chi connectivity index (χ1n) is 13.4. The van der Waals surface area contributed by atoms with Gasteiger partial charge in [0, 0.05) is 23.3 Å². The molecule has 0 amide bonds. The smallest absolute Gasteiger partial charge is 0.156 e. The Bertz CT molecular complexity index is 1240. The van der Waals surface area contributed by atoms with Crippen molar-refractivity contribution >= 4 is 29.3 Å². The van der Waals surface area contributed by atoms with Gasteiger partial charge >= 0.3 is 0 Å². The zero-order valence-electron chi connectivity index (χ0n) is 22.4. The second kappa shape index (κ2) is 8.49. The van der Waals surface area contributed by atoms with Gasteiger partial charge in [-0.05, 0) is 91.7 Å². The van der Waals surface area contributed by atoms with E-state index in [4.69, 9.17) is 0 Å². The van der Waals surface area contributed by atoms with Crippen molar-refractivity contribution in [1.82, 2.24) is 0 Å². The van der Waals surface area contributed by atoms with E-state index in [1.165, 1.54) is 30.2 Å². The summed E-state index contributed by atoms with van der Waals surface area (Å²) in [5, 5.41) is 12.0. The number of allylic oxidation sites excluding steroid dienone is 4. The summed E-state index contributed by atoms with van der Waals surface area (Å²) >= 11 is 0. The molecule has 7 heteroatoms. The summed E-state index contributed by atoms with van der Waals surface area (Å²) in [6, 6.07) is 2.98. The van der Waals surface area contributed by atoms with Gasteiger partial charge in [-0.2, -0.15) is 0 Å². The van der Waals surface area contributed by atoms with Gasteiger partial charge in [-0.1, -0.05) is 30.5 Å².